The Labute approximate surface area is 150 Å². The lowest BCUT2D eigenvalue weighted by atomic mass is 10.2. The first-order valence-electron chi connectivity index (χ1n) is 8.04. The van der Waals surface area contributed by atoms with Crippen LogP contribution in [0.25, 0.3) is 0 Å². The Morgan fingerprint density at radius 1 is 1.12 bits per heavy atom. The van der Waals surface area contributed by atoms with Crippen molar-refractivity contribution in [1.29, 1.82) is 0 Å². The van der Waals surface area contributed by atoms with Crippen molar-refractivity contribution < 1.29 is 23.1 Å². The number of alkyl halides is 2. The topological polar surface area (TPSA) is 51.1 Å². The smallest absolute Gasteiger partial charge is 0.387 e. The fraction of sp³-hybridized carbons (Fsp3) is 0.263. The fourth-order valence-electron chi connectivity index (χ4n) is 2.31. The van der Waals surface area contributed by atoms with E-state index in [-0.39, 0.29) is 24.3 Å². The van der Waals surface area contributed by atoms with Crippen molar-refractivity contribution in [3.8, 4) is 5.75 Å². The average molecular weight is 362 g/mol. The highest BCUT2D eigenvalue weighted by molar-refractivity contribution is 5.94. The molecule has 0 unspecified atom stereocenters. The SMILES string of the molecule is CC(C)N(C(=O)CO/N=C/c1ccc(OC(F)F)cc1)c1ccccc1. The number of para-hydroxylation sites is 1. The minimum absolute atomic E-state index is 0.0279. The molecule has 0 bridgehead atoms. The summed E-state index contributed by atoms with van der Waals surface area (Å²) in [7, 11) is 0. The molecule has 0 aliphatic rings. The first-order valence-corrected chi connectivity index (χ1v) is 8.04. The number of carbonyl (C=O) groups excluding carboxylic acids is 1. The van der Waals surface area contributed by atoms with E-state index in [4.69, 9.17) is 4.84 Å². The van der Waals surface area contributed by atoms with Crippen LogP contribution < -0.4 is 9.64 Å². The van der Waals surface area contributed by atoms with Crippen molar-refractivity contribution in [3.63, 3.8) is 0 Å². The van der Waals surface area contributed by atoms with Crippen LogP contribution in [0, 0.1) is 0 Å². The molecule has 0 radical (unpaired) electrons. The van der Waals surface area contributed by atoms with Gasteiger partial charge in [0, 0.05) is 11.7 Å². The maximum Gasteiger partial charge on any atom is 0.387 e. The number of oxime groups is 1. The van der Waals surface area contributed by atoms with E-state index in [9.17, 15) is 13.6 Å². The van der Waals surface area contributed by atoms with Gasteiger partial charge in [-0.15, -0.1) is 0 Å². The Balaban J connectivity index is 1.89. The Kier molecular flexibility index (Phi) is 7.08. The highest BCUT2D eigenvalue weighted by Gasteiger charge is 2.19. The van der Waals surface area contributed by atoms with Crippen LogP contribution >= 0.6 is 0 Å². The fourth-order valence-corrected chi connectivity index (χ4v) is 2.31. The summed E-state index contributed by atoms with van der Waals surface area (Å²) in [6, 6.07) is 15.2. The lowest BCUT2D eigenvalue weighted by Gasteiger charge is -2.26. The molecule has 0 atom stereocenters. The Morgan fingerprint density at radius 3 is 2.35 bits per heavy atom. The number of nitrogens with zero attached hydrogens (tertiary/aromatic N) is 2. The summed E-state index contributed by atoms with van der Waals surface area (Å²) in [6.07, 6.45) is 1.39. The Hall–Kier alpha value is -2.96. The lowest BCUT2D eigenvalue weighted by molar-refractivity contribution is -0.123. The summed E-state index contributed by atoms with van der Waals surface area (Å²) in [4.78, 5) is 19.1. The number of amides is 1. The zero-order chi connectivity index (χ0) is 18.9. The number of anilines is 1. The standard InChI is InChI=1S/C19H20F2N2O3/c1-14(2)23(16-6-4-3-5-7-16)18(24)13-25-22-12-15-8-10-17(11-9-15)26-19(20)21/h3-12,14,19H,13H2,1-2H3/b22-12+. The van der Waals surface area contributed by atoms with Gasteiger partial charge in [0.2, 0.25) is 0 Å². The second-order valence-electron chi connectivity index (χ2n) is 5.65. The molecular formula is C19H20F2N2O3. The first kappa shape index (κ1) is 19.4. The van der Waals surface area contributed by atoms with E-state index in [0.717, 1.165) is 5.69 Å². The molecule has 7 heteroatoms. The van der Waals surface area contributed by atoms with Crippen molar-refractivity contribution in [3.05, 3.63) is 60.2 Å². The second-order valence-corrected chi connectivity index (χ2v) is 5.65. The molecule has 0 spiro atoms. The van der Waals surface area contributed by atoms with Crippen molar-refractivity contribution >= 4 is 17.8 Å². The highest BCUT2D eigenvalue weighted by atomic mass is 19.3. The number of rotatable bonds is 8. The van der Waals surface area contributed by atoms with Gasteiger partial charge in [0.15, 0.2) is 6.61 Å². The molecule has 0 heterocycles. The highest BCUT2D eigenvalue weighted by Crippen LogP contribution is 2.17. The number of ether oxygens (including phenoxy) is 1. The van der Waals surface area contributed by atoms with Gasteiger partial charge in [0.05, 0.1) is 6.21 Å². The summed E-state index contributed by atoms with van der Waals surface area (Å²) in [5, 5.41) is 3.75. The molecule has 2 aromatic rings. The third-order valence-electron chi connectivity index (χ3n) is 3.39. The first-order chi connectivity index (χ1) is 12.5. The molecular weight excluding hydrogens is 342 g/mol. The molecule has 0 fully saturated rings. The summed E-state index contributed by atoms with van der Waals surface area (Å²) in [5.41, 5.74) is 1.41. The number of carbonyl (C=O) groups is 1. The summed E-state index contributed by atoms with van der Waals surface area (Å²) in [5.74, 6) is -0.160. The Morgan fingerprint density at radius 2 is 1.77 bits per heavy atom. The predicted molar refractivity (Wildman–Crippen MR) is 95.7 cm³/mol. The van der Waals surface area contributed by atoms with E-state index in [1.807, 2.05) is 44.2 Å². The van der Waals surface area contributed by atoms with E-state index < -0.39 is 6.61 Å². The van der Waals surface area contributed by atoms with Crippen LogP contribution in [-0.4, -0.2) is 31.4 Å². The zero-order valence-electron chi connectivity index (χ0n) is 14.5. The van der Waals surface area contributed by atoms with Crippen LogP contribution in [0.1, 0.15) is 19.4 Å². The van der Waals surface area contributed by atoms with Crippen LogP contribution in [0.2, 0.25) is 0 Å². The van der Waals surface area contributed by atoms with Crippen LogP contribution in [0.4, 0.5) is 14.5 Å². The van der Waals surface area contributed by atoms with E-state index in [1.165, 1.54) is 18.3 Å². The van der Waals surface area contributed by atoms with E-state index in [2.05, 4.69) is 9.89 Å². The number of hydrogen-bond donors (Lipinski definition) is 0. The summed E-state index contributed by atoms with van der Waals surface area (Å²) >= 11 is 0. The molecule has 0 N–H and O–H groups in total. The molecule has 5 nitrogen and oxygen atoms in total. The molecule has 1 amide bonds. The molecule has 26 heavy (non-hydrogen) atoms. The van der Waals surface area contributed by atoms with Crippen molar-refractivity contribution in [1.82, 2.24) is 0 Å². The second kappa shape index (κ2) is 9.50. The van der Waals surface area contributed by atoms with Gasteiger partial charge < -0.3 is 14.5 Å². The lowest BCUT2D eigenvalue weighted by Crippen LogP contribution is -2.39. The van der Waals surface area contributed by atoms with Gasteiger partial charge in [-0.2, -0.15) is 8.78 Å². The number of halogens is 2. The molecule has 0 aliphatic carbocycles. The molecule has 0 aliphatic heterocycles. The van der Waals surface area contributed by atoms with Crippen LogP contribution in [0.5, 0.6) is 5.75 Å². The van der Waals surface area contributed by atoms with Crippen LogP contribution in [-0.2, 0) is 9.63 Å². The molecule has 0 saturated carbocycles. The normalized spacial score (nSPS) is 11.2. The Bertz CT molecular complexity index is 719. The van der Waals surface area contributed by atoms with Gasteiger partial charge in [-0.25, -0.2) is 0 Å². The largest absolute Gasteiger partial charge is 0.435 e. The molecule has 138 valence electrons. The average Bonchev–Trinajstić information content (AvgIpc) is 2.60. The van der Waals surface area contributed by atoms with Gasteiger partial charge in [0.1, 0.15) is 5.75 Å². The van der Waals surface area contributed by atoms with Crippen LogP contribution in [0.15, 0.2) is 59.8 Å². The molecule has 0 aromatic heterocycles. The monoisotopic (exact) mass is 362 g/mol. The zero-order valence-corrected chi connectivity index (χ0v) is 14.5. The van der Waals surface area contributed by atoms with Crippen molar-refractivity contribution in [2.45, 2.75) is 26.5 Å². The quantitative estimate of drug-likeness (QED) is 0.525. The molecule has 2 aromatic carbocycles. The van der Waals surface area contributed by atoms with Crippen molar-refractivity contribution in [2.24, 2.45) is 5.16 Å². The van der Waals surface area contributed by atoms with Gasteiger partial charge in [0.25, 0.3) is 5.91 Å². The van der Waals surface area contributed by atoms with Gasteiger partial charge >= 0.3 is 6.61 Å². The van der Waals surface area contributed by atoms with E-state index in [1.54, 1.807) is 17.0 Å². The molecule has 2 rings (SSSR count). The molecule has 0 saturated heterocycles. The van der Waals surface area contributed by atoms with Gasteiger partial charge in [-0.3, -0.25) is 4.79 Å². The summed E-state index contributed by atoms with van der Waals surface area (Å²) in [6.45, 7) is 0.752. The van der Waals surface area contributed by atoms with Gasteiger partial charge in [-0.1, -0.05) is 23.4 Å². The third kappa shape index (κ3) is 5.84. The predicted octanol–water partition coefficient (Wildman–Crippen LogP) is 4.08. The van der Waals surface area contributed by atoms with Crippen LogP contribution in [0.3, 0.4) is 0 Å². The van der Waals surface area contributed by atoms with Gasteiger partial charge in [-0.05, 0) is 55.8 Å². The van der Waals surface area contributed by atoms with E-state index >= 15 is 0 Å². The number of hydrogen-bond acceptors (Lipinski definition) is 4. The van der Waals surface area contributed by atoms with E-state index in [0.29, 0.717) is 5.56 Å². The summed E-state index contributed by atoms with van der Waals surface area (Å²) < 4.78 is 28.4. The van der Waals surface area contributed by atoms with Crippen molar-refractivity contribution in [2.75, 3.05) is 11.5 Å². The number of benzene rings is 2. The maximum absolute atomic E-state index is 12.4. The maximum atomic E-state index is 12.4. The minimum atomic E-state index is -2.86. The minimum Gasteiger partial charge on any atom is -0.435 e. The third-order valence-corrected chi connectivity index (χ3v) is 3.39.